The van der Waals surface area contributed by atoms with Gasteiger partial charge in [-0.1, -0.05) is 12.1 Å². The van der Waals surface area contributed by atoms with Crippen LogP contribution in [0.3, 0.4) is 0 Å². The van der Waals surface area contributed by atoms with Crippen molar-refractivity contribution >= 4 is 5.82 Å². The van der Waals surface area contributed by atoms with Gasteiger partial charge in [-0.15, -0.1) is 0 Å². The third kappa shape index (κ3) is 3.83. The van der Waals surface area contributed by atoms with Crippen LogP contribution in [0.4, 0.5) is 10.2 Å². The molecule has 1 atom stereocenters. The Kier molecular flexibility index (Phi) is 5.11. The lowest BCUT2D eigenvalue weighted by Gasteiger charge is -2.33. The molecule has 0 saturated carbocycles. The molecular weight excluding hydrogens is 345 g/mol. The number of H-pyrrole nitrogens is 1. The molecule has 1 unspecified atom stereocenters. The molecule has 0 bridgehead atoms. The largest absolute Gasteiger partial charge is 0.378 e. The van der Waals surface area contributed by atoms with Crippen molar-refractivity contribution in [3.8, 4) is 11.1 Å². The zero-order valence-electron chi connectivity index (χ0n) is 15.2. The van der Waals surface area contributed by atoms with Crippen LogP contribution in [0.15, 0.2) is 42.9 Å². The fourth-order valence-corrected chi connectivity index (χ4v) is 3.67. The number of aromatic nitrogens is 4. The molecule has 1 saturated heterocycles. The van der Waals surface area contributed by atoms with Crippen molar-refractivity contribution in [1.29, 1.82) is 0 Å². The Morgan fingerprint density at radius 2 is 2.11 bits per heavy atom. The first-order valence-corrected chi connectivity index (χ1v) is 9.08. The second kappa shape index (κ2) is 7.84. The van der Waals surface area contributed by atoms with E-state index in [4.69, 9.17) is 4.74 Å². The molecule has 3 aromatic rings. The highest BCUT2D eigenvalue weighted by Crippen LogP contribution is 2.34. The summed E-state index contributed by atoms with van der Waals surface area (Å²) >= 11 is 0. The monoisotopic (exact) mass is 367 g/mol. The van der Waals surface area contributed by atoms with Crippen LogP contribution in [0.5, 0.6) is 0 Å². The summed E-state index contributed by atoms with van der Waals surface area (Å²) < 4.78 is 18.4. The van der Waals surface area contributed by atoms with Crippen molar-refractivity contribution in [1.82, 2.24) is 20.2 Å². The quantitative estimate of drug-likeness (QED) is 0.747. The summed E-state index contributed by atoms with van der Waals surface area (Å²) in [7, 11) is 1.66. The van der Waals surface area contributed by atoms with Gasteiger partial charge in [0.05, 0.1) is 18.5 Å². The van der Waals surface area contributed by atoms with Gasteiger partial charge in [-0.3, -0.25) is 5.10 Å². The highest BCUT2D eigenvalue weighted by molar-refractivity contribution is 5.66. The van der Waals surface area contributed by atoms with Crippen molar-refractivity contribution in [2.24, 2.45) is 0 Å². The van der Waals surface area contributed by atoms with Crippen LogP contribution >= 0.6 is 0 Å². The Bertz CT molecular complexity index is 895. The fourth-order valence-electron chi connectivity index (χ4n) is 3.67. The highest BCUT2D eigenvalue weighted by Gasteiger charge is 2.26. The number of hydrogen-bond acceptors (Lipinski definition) is 5. The van der Waals surface area contributed by atoms with Gasteiger partial charge in [0.2, 0.25) is 0 Å². The molecule has 0 aliphatic carbocycles. The van der Waals surface area contributed by atoms with E-state index in [0.29, 0.717) is 12.5 Å². The second-order valence-electron chi connectivity index (χ2n) is 6.79. The van der Waals surface area contributed by atoms with Crippen molar-refractivity contribution < 1.29 is 9.13 Å². The molecule has 0 amide bonds. The molecular formula is C20H22FN5O. The molecule has 140 valence electrons. The molecule has 27 heavy (non-hydrogen) atoms. The number of methoxy groups -OCH3 is 1. The average molecular weight is 367 g/mol. The SMILES string of the molecule is COCc1cc(N2CCCC(c3[nH]ncc3-c3ccc(F)cc3)C2)ncn1. The Morgan fingerprint density at radius 3 is 2.93 bits per heavy atom. The van der Waals surface area contributed by atoms with Crippen LogP contribution in [-0.4, -0.2) is 40.4 Å². The van der Waals surface area contributed by atoms with Crippen molar-refractivity contribution in [2.45, 2.75) is 25.4 Å². The van der Waals surface area contributed by atoms with Crippen LogP contribution in [0.2, 0.25) is 0 Å². The summed E-state index contributed by atoms with van der Waals surface area (Å²) in [6.07, 6.45) is 5.55. The first kappa shape index (κ1) is 17.6. The number of benzene rings is 1. The fraction of sp³-hybridized carbons (Fsp3) is 0.350. The molecule has 1 aromatic carbocycles. The minimum atomic E-state index is -0.233. The molecule has 1 fully saturated rings. The number of piperidine rings is 1. The molecule has 1 aliphatic rings. The van der Waals surface area contributed by atoms with E-state index in [9.17, 15) is 4.39 Å². The minimum absolute atomic E-state index is 0.233. The summed E-state index contributed by atoms with van der Waals surface area (Å²) in [5.74, 6) is 0.995. The van der Waals surface area contributed by atoms with Gasteiger partial charge in [0.25, 0.3) is 0 Å². The molecule has 0 radical (unpaired) electrons. The molecule has 3 heterocycles. The molecule has 6 nitrogen and oxygen atoms in total. The third-order valence-electron chi connectivity index (χ3n) is 4.98. The molecule has 1 aliphatic heterocycles. The zero-order chi connectivity index (χ0) is 18.6. The second-order valence-corrected chi connectivity index (χ2v) is 6.79. The number of halogens is 1. The van der Waals surface area contributed by atoms with Crippen LogP contribution in [0.1, 0.15) is 30.1 Å². The van der Waals surface area contributed by atoms with Gasteiger partial charge in [-0.2, -0.15) is 5.10 Å². The zero-order valence-corrected chi connectivity index (χ0v) is 15.2. The lowest BCUT2D eigenvalue weighted by molar-refractivity contribution is 0.181. The van der Waals surface area contributed by atoms with Gasteiger partial charge < -0.3 is 9.64 Å². The van der Waals surface area contributed by atoms with Crippen molar-refractivity contribution in [2.75, 3.05) is 25.1 Å². The molecule has 0 spiro atoms. The Hall–Kier alpha value is -2.80. The Morgan fingerprint density at radius 1 is 1.26 bits per heavy atom. The maximum absolute atomic E-state index is 13.3. The van der Waals surface area contributed by atoms with Gasteiger partial charge in [0.1, 0.15) is 18.0 Å². The number of aromatic amines is 1. The van der Waals surface area contributed by atoms with E-state index in [1.165, 1.54) is 12.1 Å². The average Bonchev–Trinajstić information content (AvgIpc) is 3.19. The first-order chi connectivity index (χ1) is 13.2. The van der Waals surface area contributed by atoms with Crippen LogP contribution in [-0.2, 0) is 11.3 Å². The van der Waals surface area contributed by atoms with Crippen LogP contribution in [0.25, 0.3) is 11.1 Å². The molecule has 4 rings (SSSR count). The normalized spacial score (nSPS) is 17.3. The smallest absolute Gasteiger partial charge is 0.132 e. The summed E-state index contributed by atoms with van der Waals surface area (Å²) in [6.45, 7) is 2.28. The lowest BCUT2D eigenvalue weighted by atomic mass is 9.90. The first-order valence-electron chi connectivity index (χ1n) is 9.08. The van der Waals surface area contributed by atoms with E-state index in [-0.39, 0.29) is 5.82 Å². The molecule has 1 N–H and O–H groups in total. The number of nitrogens with zero attached hydrogens (tertiary/aromatic N) is 4. The van der Waals surface area contributed by atoms with E-state index in [2.05, 4.69) is 25.1 Å². The van der Waals surface area contributed by atoms with E-state index in [1.54, 1.807) is 25.6 Å². The number of ether oxygens (including phenoxy) is 1. The van der Waals surface area contributed by atoms with Gasteiger partial charge in [0, 0.05) is 43.4 Å². The predicted molar refractivity (Wildman–Crippen MR) is 101 cm³/mol. The van der Waals surface area contributed by atoms with Crippen molar-refractivity contribution in [3.05, 3.63) is 60.1 Å². The summed E-state index contributed by atoms with van der Waals surface area (Å²) in [4.78, 5) is 11.0. The minimum Gasteiger partial charge on any atom is -0.378 e. The maximum atomic E-state index is 13.3. The van der Waals surface area contributed by atoms with Gasteiger partial charge >= 0.3 is 0 Å². The number of rotatable bonds is 5. The molecule has 7 heteroatoms. The molecule has 2 aromatic heterocycles. The van der Waals surface area contributed by atoms with Crippen LogP contribution < -0.4 is 4.90 Å². The number of anilines is 1. The number of hydrogen-bond donors (Lipinski definition) is 1. The van der Waals surface area contributed by atoms with E-state index >= 15 is 0 Å². The van der Waals surface area contributed by atoms with Crippen molar-refractivity contribution in [3.63, 3.8) is 0 Å². The Labute approximate surface area is 157 Å². The summed E-state index contributed by atoms with van der Waals surface area (Å²) in [5, 5.41) is 7.42. The third-order valence-corrected chi connectivity index (χ3v) is 4.98. The standard InChI is InChI=1S/C20H22FN5O/c1-27-12-17-9-19(23-13-22-17)26-8-2-3-15(11-26)20-18(10-24-25-20)14-4-6-16(21)7-5-14/h4-7,9-10,13,15H,2-3,8,11-12H2,1H3,(H,24,25). The van der Waals surface area contributed by atoms with E-state index in [1.807, 2.05) is 12.3 Å². The highest BCUT2D eigenvalue weighted by atomic mass is 19.1. The van der Waals surface area contributed by atoms with E-state index in [0.717, 1.165) is 54.3 Å². The topological polar surface area (TPSA) is 66.9 Å². The Balaban J connectivity index is 1.57. The summed E-state index contributed by atoms with van der Waals surface area (Å²) in [6, 6.07) is 8.55. The maximum Gasteiger partial charge on any atom is 0.132 e. The van der Waals surface area contributed by atoms with Gasteiger partial charge in [-0.05, 0) is 30.5 Å². The van der Waals surface area contributed by atoms with Gasteiger partial charge in [-0.25, -0.2) is 14.4 Å². The lowest BCUT2D eigenvalue weighted by Crippen LogP contribution is -2.35. The van der Waals surface area contributed by atoms with E-state index < -0.39 is 0 Å². The number of nitrogens with one attached hydrogen (secondary N) is 1. The van der Waals surface area contributed by atoms with Gasteiger partial charge in [0.15, 0.2) is 0 Å². The van der Waals surface area contributed by atoms with Crippen LogP contribution in [0, 0.1) is 5.82 Å². The predicted octanol–water partition coefficient (Wildman–Crippen LogP) is 3.54. The summed E-state index contributed by atoms with van der Waals surface area (Å²) in [5.41, 5.74) is 3.97.